The first-order chi connectivity index (χ1) is 13.6. The first-order valence-corrected chi connectivity index (χ1v) is 9.21. The number of nitrogens with one attached hydrogen (secondary N) is 2. The Hall–Kier alpha value is -3.49. The highest BCUT2D eigenvalue weighted by atomic mass is 16.4. The molecule has 1 amide bonds. The minimum atomic E-state index is -1.13. The molecule has 0 fully saturated rings. The number of nitrogens with zero attached hydrogens (tertiary/aromatic N) is 4. The van der Waals surface area contributed by atoms with E-state index in [2.05, 4.69) is 70.7 Å². The molecule has 0 aliphatic carbocycles. The van der Waals surface area contributed by atoms with E-state index in [0.29, 0.717) is 18.2 Å². The fourth-order valence-corrected chi connectivity index (χ4v) is 2.77. The Balaban J connectivity index is 1.78. The maximum atomic E-state index is 12.3. The van der Waals surface area contributed by atoms with Crippen molar-refractivity contribution in [1.29, 1.82) is 0 Å². The summed E-state index contributed by atoms with van der Waals surface area (Å²) in [6.07, 6.45) is 0. The summed E-state index contributed by atoms with van der Waals surface area (Å²) < 4.78 is 1.30. The van der Waals surface area contributed by atoms with Crippen molar-refractivity contribution in [2.24, 2.45) is 0 Å². The number of hydrogen-bond donors (Lipinski definition) is 3. The van der Waals surface area contributed by atoms with Crippen LogP contribution >= 0.6 is 0 Å². The SMILES string of the molecule is Cc1cc(C(=O)NCC(=O)O)n2nc(NCc3ccc(C(C)(C)C)cc3)nc2n1. The van der Waals surface area contributed by atoms with Crippen molar-refractivity contribution < 1.29 is 14.7 Å². The lowest BCUT2D eigenvalue weighted by molar-refractivity contribution is -0.135. The maximum Gasteiger partial charge on any atom is 0.322 e. The highest BCUT2D eigenvalue weighted by molar-refractivity contribution is 5.94. The molecule has 0 spiro atoms. The van der Waals surface area contributed by atoms with E-state index in [1.165, 1.54) is 16.1 Å². The van der Waals surface area contributed by atoms with Crippen LogP contribution in [0.4, 0.5) is 5.95 Å². The number of carbonyl (C=O) groups excluding carboxylic acids is 1. The van der Waals surface area contributed by atoms with Crippen LogP contribution in [0.3, 0.4) is 0 Å². The van der Waals surface area contributed by atoms with Crippen molar-refractivity contribution in [2.75, 3.05) is 11.9 Å². The third-order valence-corrected chi connectivity index (χ3v) is 4.34. The summed E-state index contributed by atoms with van der Waals surface area (Å²) >= 11 is 0. The summed E-state index contributed by atoms with van der Waals surface area (Å²) in [5.41, 5.74) is 3.17. The third-order valence-electron chi connectivity index (χ3n) is 4.34. The van der Waals surface area contributed by atoms with Gasteiger partial charge in [-0.25, -0.2) is 4.98 Å². The van der Waals surface area contributed by atoms with Gasteiger partial charge in [0.1, 0.15) is 12.2 Å². The quantitative estimate of drug-likeness (QED) is 0.584. The van der Waals surface area contributed by atoms with Crippen molar-refractivity contribution in [3.63, 3.8) is 0 Å². The molecule has 0 aliphatic heterocycles. The summed E-state index contributed by atoms with van der Waals surface area (Å²) in [6.45, 7) is 8.26. The van der Waals surface area contributed by atoms with Gasteiger partial charge in [0.15, 0.2) is 0 Å². The van der Waals surface area contributed by atoms with Crippen LogP contribution in [-0.4, -0.2) is 43.1 Å². The van der Waals surface area contributed by atoms with Crippen molar-refractivity contribution in [1.82, 2.24) is 24.9 Å². The zero-order chi connectivity index (χ0) is 21.2. The first kappa shape index (κ1) is 20.2. The lowest BCUT2D eigenvalue weighted by Gasteiger charge is -2.19. The molecule has 152 valence electrons. The van der Waals surface area contributed by atoms with E-state index in [4.69, 9.17) is 5.11 Å². The molecule has 2 aromatic heterocycles. The molecule has 9 heteroatoms. The Bertz CT molecular complexity index is 1050. The summed E-state index contributed by atoms with van der Waals surface area (Å²) in [5.74, 6) is -1.10. The van der Waals surface area contributed by atoms with E-state index in [1.54, 1.807) is 6.92 Å². The minimum Gasteiger partial charge on any atom is -0.480 e. The van der Waals surface area contributed by atoms with E-state index in [-0.39, 0.29) is 16.9 Å². The highest BCUT2D eigenvalue weighted by Crippen LogP contribution is 2.22. The number of fused-ring (bicyclic) bond motifs is 1. The van der Waals surface area contributed by atoms with Gasteiger partial charge in [-0.05, 0) is 29.5 Å². The number of aryl methyl sites for hydroxylation is 1. The van der Waals surface area contributed by atoms with E-state index < -0.39 is 18.4 Å². The second-order valence-electron chi connectivity index (χ2n) is 7.81. The van der Waals surface area contributed by atoms with Crippen molar-refractivity contribution >= 4 is 23.6 Å². The van der Waals surface area contributed by atoms with Gasteiger partial charge in [-0.15, -0.1) is 5.10 Å². The van der Waals surface area contributed by atoms with Crippen LogP contribution in [0.15, 0.2) is 30.3 Å². The molecule has 0 saturated carbocycles. The second-order valence-corrected chi connectivity index (χ2v) is 7.81. The molecular weight excluding hydrogens is 372 g/mol. The second kappa shape index (κ2) is 7.86. The monoisotopic (exact) mass is 396 g/mol. The number of aromatic nitrogens is 4. The minimum absolute atomic E-state index is 0.0935. The van der Waals surface area contributed by atoms with Gasteiger partial charge in [-0.3, -0.25) is 9.59 Å². The molecule has 0 aliphatic rings. The van der Waals surface area contributed by atoms with Crippen LogP contribution in [0.2, 0.25) is 0 Å². The number of carbonyl (C=O) groups is 2. The van der Waals surface area contributed by atoms with Crippen LogP contribution in [0.5, 0.6) is 0 Å². The Morgan fingerprint density at radius 3 is 2.45 bits per heavy atom. The predicted molar refractivity (Wildman–Crippen MR) is 108 cm³/mol. The fourth-order valence-electron chi connectivity index (χ4n) is 2.77. The number of carboxylic acids is 1. The number of amides is 1. The van der Waals surface area contributed by atoms with Gasteiger partial charge in [-0.2, -0.15) is 9.50 Å². The summed E-state index contributed by atoms with van der Waals surface area (Å²) in [5, 5.41) is 18.5. The Morgan fingerprint density at radius 2 is 1.83 bits per heavy atom. The Labute approximate surface area is 168 Å². The molecule has 0 atom stereocenters. The van der Waals surface area contributed by atoms with Crippen molar-refractivity contribution in [2.45, 2.75) is 39.7 Å². The lowest BCUT2D eigenvalue weighted by Crippen LogP contribution is -2.31. The zero-order valence-electron chi connectivity index (χ0n) is 16.9. The van der Waals surface area contributed by atoms with E-state index in [0.717, 1.165) is 5.56 Å². The number of carboxylic acid groups (broad SMARTS) is 1. The average Bonchev–Trinajstić information content (AvgIpc) is 3.06. The fraction of sp³-hybridized carbons (Fsp3) is 0.350. The van der Waals surface area contributed by atoms with E-state index >= 15 is 0 Å². The highest BCUT2D eigenvalue weighted by Gasteiger charge is 2.17. The van der Waals surface area contributed by atoms with Crippen molar-refractivity contribution in [3.8, 4) is 0 Å². The normalized spacial score (nSPS) is 11.4. The summed E-state index contributed by atoms with van der Waals surface area (Å²) in [7, 11) is 0. The topological polar surface area (TPSA) is 122 Å². The van der Waals surface area contributed by atoms with E-state index in [9.17, 15) is 9.59 Å². The van der Waals surface area contributed by atoms with Gasteiger partial charge in [0.25, 0.3) is 11.7 Å². The van der Waals surface area contributed by atoms with Gasteiger partial charge in [0.2, 0.25) is 5.95 Å². The maximum absolute atomic E-state index is 12.3. The molecule has 2 heterocycles. The molecule has 0 saturated heterocycles. The van der Waals surface area contributed by atoms with Gasteiger partial charge in [-0.1, -0.05) is 45.0 Å². The number of rotatable bonds is 6. The van der Waals surface area contributed by atoms with Crippen LogP contribution in [-0.2, 0) is 16.8 Å². The lowest BCUT2D eigenvalue weighted by atomic mass is 9.87. The number of benzene rings is 1. The Kier molecular flexibility index (Phi) is 5.49. The molecule has 3 aromatic rings. The number of anilines is 1. The molecule has 0 unspecified atom stereocenters. The molecule has 9 nitrogen and oxygen atoms in total. The van der Waals surface area contributed by atoms with Gasteiger partial charge < -0.3 is 15.7 Å². The standard InChI is InChI=1S/C20H24N6O3/c1-12-9-15(17(29)21-11-16(27)28)26-19(23-12)24-18(25-26)22-10-13-5-7-14(8-6-13)20(2,3)4/h5-9H,10-11H2,1-4H3,(H,21,29)(H,22,25)(H,27,28). The van der Waals surface area contributed by atoms with Crippen molar-refractivity contribution in [3.05, 3.63) is 52.8 Å². The van der Waals surface area contributed by atoms with Crippen LogP contribution in [0.1, 0.15) is 48.1 Å². The van der Waals surface area contributed by atoms with E-state index in [1.807, 2.05) is 0 Å². The van der Waals surface area contributed by atoms with Crippen LogP contribution in [0.25, 0.3) is 5.78 Å². The first-order valence-electron chi connectivity index (χ1n) is 9.21. The van der Waals surface area contributed by atoms with Gasteiger partial charge in [0.05, 0.1) is 0 Å². The zero-order valence-corrected chi connectivity index (χ0v) is 16.9. The molecule has 3 rings (SSSR count). The average molecular weight is 396 g/mol. The third kappa shape index (κ3) is 4.87. The van der Waals surface area contributed by atoms with Gasteiger partial charge >= 0.3 is 5.97 Å². The molecule has 3 N–H and O–H groups in total. The molecule has 29 heavy (non-hydrogen) atoms. The largest absolute Gasteiger partial charge is 0.480 e. The summed E-state index contributed by atoms with van der Waals surface area (Å²) in [6, 6.07) is 9.84. The number of hydrogen-bond acceptors (Lipinski definition) is 6. The van der Waals surface area contributed by atoms with Crippen LogP contribution < -0.4 is 10.6 Å². The van der Waals surface area contributed by atoms with Gasteiger partial charge in [0, 0.05) is 12.2 Å². The molecule has 0 radical (unpaired) electrons. The predicted octanol–water partition coefficient (Wildman–Crippen LogP) is 2.16. The molecule has 0 bridgehead atoms. The molecule has 1 aromatic carbocycles. The smallest absolute Gasteiger partial charge is 0.322 e. The molecular formula is C20H24N6O3. The Morgan fingerprint density at radius 1 is 1.14 bits per heavy atom. The van der Waals surface area contributed by atoms with Crippen LogP contribution in [0, 0.1) is 6.92 Å². The number of aliphatic carboxylic acids is 1. The summed E-state index contributed by atoms with van der Waals surface area (Å²) in [4.78, 5) is 31.6.